The van der Waals surface area contributed by atoms with E-state index < -0.39 is 5.82 Å². The lowest BCUT2D eigenvalue weighted by Crippen LogP contribution is -1.86. The van der Waals surface area contributed by atoms with Crippen molar-refractivity contribution in [2.45, 2.75) is 0 Å². The van der Waals surface area contributed by atoms with Crippen LogP contribution in [0.3, 0.4) is 0 Å². The van der Waals surface area contributed by atoms with Crippen LogP contribution < -0.4 is 0 Å². The summed E-state index contributed by atoms with van der Waals surface area (Å²) in [5.41, 5.74) is 1.31. The van der Waals surface area contributed by atoms with Crippen LogP contribution in [0.4, 0.5) is 4.39 Å². The summed E-state index contributed by atoms with van der Waals surface area (Å²) in [6, 6.07) is 5.95. The molecule has 1 heterocycles. The molecule has 5 heteroatoms. The van der Waals surface area contributed by atoms with Crippen molar-refractivity contribution in [3.05, 3.63) is 46.6 Å². The lowest BCUT2D eigenvalue weighted by molar-refractivity contribution is 0.628. The molecule has 15 heavy (non-hydrogen) atoms. The summed E-state index contributed by atoms with van der Waals surface area (Å²) in [5.74, 6) is -0.458. The number of rotatable bonds is 1. The van der Waals surface area contributed by atoms with Crippen LogP contribution in [-0.4, -0.2) is 9.97 Å². The zero-order chi connectivity index (χ0) is 10.8. The zero-order valence-electron chi connectivity index (χ0n) is 7.42. The highest BCUT2D eigenvalue weighted by atomic mass is 35.5. The van der Waals surface area contributed by atoms with Crippen LogP contribution in [0.1, 0.15) is 0 Å². The first-order chi connectivity index (χ1) is 7.16. The fourth-order valence-electron chi connectivity index (χ4n) is 1.15. The molecule has 1 aromatic carbocycles. The Kier molecular flexibility index (Phi) is 2.84. The average molecular weight is 243 g/mol. The third kappa shape index (κ3) is 2.25. The van der Waals surface area contributed by atoms with Crippen LogP contribution in [0.15, 0.2) is 30.6 Å². The number of benzene rings is 1. The van der Waals surface area contributed by atoms with Crippen molar-refractivity contribution in [3.8, 4) is 11.3 Å². The van der Waals surface area contributed by atoms with Gasteiger partial charge >= 0.3 is 0 Å². The lowest BCUT2D eigenvalue weighted by Gasteiger charge is -2.01. The molecule has 0 aliphatic carbocycles. The molecule has 2 aromatic rings. The lowest BCUT2D eigenvalue weighted by atomic mass is 10.1. The molecule has 0 atom stereocenters. The third-order valence-corrected chi connectivity index (χ3v) is 2.35. The highest BCUT2D eigenvalue weighted by Crippen LogP contribution is 2.24. The van der Waals surface area contributed by atoms with Gasteiger partial charge in [-0.15, -0.1) is 0 Å². The minimum Gasteiger partial charge on any atom is -0.236 e. The number of aromatic nitrogens is 2. The fraction of sp³-hybridized carbons (Fsp3) is 0. The van der Waals surface area contributed by atoms with Gasteiger partial charge in [-0.3, -0.25) is 0 Å². The second-order valence-corrected chi connectivity index (χ2v) is 3.65. The molecular formula is C10H5Cl2FN2. The summed E-state index contributed by atoms with van der Waals surface area (Å²) in [4.78, 5) is 7.76. The highest BCUT2D eigenvalue weighted by molar-refractivity contribution is 6.31. The van der Waals surface area contributed by atoms with Crippen molar-refractivity contribution in [2.24, 2.45) is 0 Å². The van der Waals surface area contributed by atoms with E-state index in [0.717, 1.165) is 0 Å². The van der Waals surface area contributed by atoms with Crippen LogP contribution in [0.5, 0.6) is 0 Å². The second-order valence-electron chi connectivity index (χ2n) is 2.85. The van der Waals surface area contributed by atoms with E-state index >= 15 is 0 Å². The minimum atomic E-state index is -0.458. The van der Waals surface area contributed by atoms with Gasteiger partial charge in [-0.05, 0) is 18.2 Å². The first-order valence-electron chi connectivity index (χ1n) is 4.10. The number of nitrogens with zero attached hydrogens (tertiary/aromatic N) is 2. The Labute approximate surface area is 95.7 Å². The summed E-state index contributed by atoms with van der Waals surface area (Å²) in [5, 5.41) is 0.391. The molecule has 0 N–H and O–H groups in total. The largest absolute Gasteiger partial charge is 0.236 e. The van der Waals surface area contributed by atoms with Gasteiger partial charge in [0, 0.05) is 11.6 Å². The van der Waals surface area contributed by atoms with E-state index in [1.54, 1.807) is 12.1 Å². The van der Waals surface area contributed by atoms with E-state index in [0.29, 0.717) is 16.4 Å². The fourth-order valence-corrected chi connectivity index (χ4v) is 1.47. The van der Waals surface area contributed by atoms with Crippen LogP contribution in [0.2, 0.25) is 10.2 Å². The van der Waals surface area contributed by atoms with Crippen molar-refractivity contribution >= 4 is 23.2 Å². The van der Waals surface area contributed by atoms with Crippen LogP contribution in [-0.2, 0) is 0 Å². The highest BCUT2D eigenvalue weighted by Gasteiger charge is 2.04. The molecule has 0 radical (unpaired) electrons. The van der Waals surface area contributed by atoms with Gasteiger partial charge < -0.3 is 0 Å². The summed E-state index contributed by atoms with van der Waals surface area (Å²) in [6.45, 7) is 0. The Morgan fingerprint density at radius 1 is 1.07 bits per heavy atom. The Morgan fingerprint density at radius 3 is 2.53 bits per heavy atom. The molecule has 1 aromatic heterocycles. The summed E-state index contributed by atoms with van der Waals surface area (Å²) >= 11 is 11.4. The minimum absolute atomic E-state index is 0.0576. The Balaban J connectivity index is 2.50. The number of hydrogen-bond donors (Lipinski definition) is 0. The molecule has 76 valence electrons. The maximum absolute atomic E-state index is 12.9. The van der Waals surface area contributed by atoms with E-state index in [2.05, 4.69) is 9.97 Å². The number of hydrogen-bond acceptors (Lipinski definition) is 2. The molecular weight excluding hydrogens is 238 g/mol. The SMILES string of the molecule is Fc1ccc(-c2cc(Cl)ncn2)cc1Cl. The van der Waals surface area contributed by atoms with Crippen molar-refractivity contribution in [3.63, 3.8) is 0 Å². The normalized spacial score (nSPS) is 10.3. The second kappa shape index (κ2) is 4.13. The first-order valence-corrected chi connectivity index (χ1v) is 4.85. The first kappa shape index (κ1) is 10.3. The molecule has 0 aliphatic heterocycles. The molecule has 0 spiro atoms. The Hall–Kier alpha value is -1.19. The Bertz CT molecular complexity index is 503. The van der Waals surface area contributed by atoms with Crippen LogP contribution in [0, 0.1) is 5.82 Å². The number of halogens is 3. The van der Waals surface area contributed by atoms with E-state index in [1.165, 1.54) is 18.5 Å². The Morgan fingerprint density at radius 2 is 1.87 bits per heavy atom. The molecule has 2 nitrogen and oxygen atoms in total. The summed E-state index contributed by atoms with van der Waals surface area (Å²) < 4.78 is 12.9. The average Bonchev–Trinajstić information content (AvgIpc) is 2.22. The van der Waals surface area contributed by atoms with Gasteiger partial charge in [-0.1, -0.05) is 23.2 Å². The smallest absolute Gasteiger partial charge is 0.141 e. The van der Waals surface area contributed by atoms with Crippen molar-refractivity contribution in [1.82, 2.24) is 9.97 Å². The van der Waals surface area contributed by atoms with E-state index in [9.17, 15) is 4.39 Å². The van der Waals surface area contributed by atoms with Crippen LogP contribution in [0.25, 0.3) is 11.3 Å². The monoisotopic (exact) mass is 242 g/mol. The third-order valence-electron chi connectivity index (χ3n) is 1.85. The molecule has 0 bridgehead atoms. The van der Waals surface area contributed by atoms with Gasteiger partial charge in [0.2, 0.25) is 0 Å². The molecule has 0 unspecified atom stereocenters. The molecule has 0 saturated carbocycles. The maximum Gasteiger partial charge on any atom is 0.141 e. The summed E-state index contributed by atoms with van der Waals surface area (Å²) in [7, 11) is 0. The van der Waals surface area contributed by atoms with Gasteiger partial charge in [0.25, 0.3) is 0 Å². The predicted octanol–water partition coefficient (Wildman–Crippen LogP) is 3.59. The van der Waals surface area contributed by atoms with Gasteiger partial charge in [0.05, 0.1) is 10.7 Å². The van der Waals surface area contributed by atoms with Gasteiger partial charge in [0.1, 0.15) is 17.3 Å². The molecule has 0 aliphatic rings. The molecule has 0 saturated heterocycles. The topological polar surface area (TPSA) is 25.8 Å². The zero-order valence-corrected chi connectivity index (χ0v) is 8.93. The molecule has 2 rings (SSSR count). The van der Waals surface area contributed by atoms with E-state index in [1.807, 2.05) is 0 Å². The molecule has 0 amide bonds. The van der Waals surface area contributed by atoms with Gasteiger partial charge in [0.15, 0.2) is 0 Å². The van der Waals surface area contributed by atoms with Crippen molar-refractivity contribution < 1.29 is 4.39 Å². The van der Waals surface area contributed by atoms with Crippen molar-refractivity contribution in [1.29, 1.82) is 0 Å². The summed E-state index contributed by atoms with van der Waals surface area (Å²) in [6.07, 6.45) is 1.34. The quantitative estimate of drug-likeness (QED) is 0.715. The maximum atomic E-state index is 12.9. The van der Waals surface area contributed by atoms with Crippen LogP contribution >= 0.6 is 23.2 Å². The van der Waals surface area contributed by atoms with Gasteiger partial charge in [-0.2, -0.15) is 0 Å². The van der Waals surface area contributed by atoms with Gasteiger partial charge in [-0.25, -0.2) is 14.4 Å². The van der Waals surface area contributed by atoms with Crippen molar-refractivity contribution in [2.75, 3.05) is 0 Å². The standard InChI is InChI=1S/C10H5Cl2FN2/c11-7-3-6(1-2-8(7)13)9-4-10(12)15-5-14-9/h1-5H. The van der Waals surface area contributed by atoms with E-state index in [-0.39, 0.29) is 5.02 Å². The van der Waals surface area contributed by atoms with E-state index in [4.69, 9.17) is 23.2 Å². The molecule has 0 fully saturated rings. The predicted molar refractivity (Wildman–Crippen MR) is 57.4 cm³/mol.